The lowest BCUT2D eigenvalue weighted by molar-refractivity contribution is 0.250. The molecule has 2 nitrogen and oxygen atoms in total. The zero-order valence-corrected chi connectivity index (χ0v) is 13.2. The quantitative estimate of drug-likeness (QED) is 0.846. The Morgan fingerprint density at radius 1 is 0.857 bits per heavy atom. The molecule has 0 N–H and O–H groups in total. The third-order valence-corrected chi connectivity index (χ3v) is 4.34. The van der Waals surface area contributed by atoms with Gasteiger partial charge in [-0.2, -0.15) is 0 Å². The van der Waals surface area contributed by atoms with E-state index in [1.54, 1.807) is 0 Å². The first kappa shape index (κ1) is 14.4. The van der Waals surface area contributed by atoms with Crippen molar-refractivity contribution < 1.29 is 0 Å². The van der Waals surface area contributed by atoms with E-state index in [9.17, 15) is 0 Å². The van der Waals surface area contributed by atoms with Crippen molar-refractivity contribution in [2.75, 3.05) is 31.1 Å². The van der Waals surface area contributed by atoms with Crippen LogP contribution < -0.4 is 4.90 Å². The number of anilines is 1. The molecule has 110 valence electrons. The minimum atomic E-state index is 0.808. The average molecular weight is 301 g/mol. The molecule has 0 bridgehead atoms. The highest BCUT2D eigenvalue weighted by atomic mass is 35.5. The van der Waals surface area contributed by atoms with Crippen LogP contribution >= 0.6 is 11.6 Å². The van der Waals surface area contributed by atoms with Crippen LogP contribution in [0, 0.1) is 6.92 Å². The number of hydrogen-bond acceptors (Lipinski definition) is 2. The predicted molar refractivity (Wildman–Crippen MR) is 90.1 cm³/mol. The van der Waals surface area contributed by atoms with Crippen molar-refractivity contribution in [3.63, 3.8) is 0 Å². The Morgan fingerprint density at radius 3 is 2.10 bits per heavy atom. The summed E-state index contributed by atoms with van der Waals surface area (Å²) in [6.07, 6.45) is 0. The number of rotatable bonds is 3. The Labute approximate surface area is 131 Å². The van der Waals surface area contributed by atoms with E-state index >= 15 is 0 Å². The Bertz CT molecular complexity index is 569. The van der Waals surface area contributed by atoms with Gasteiger partial charge in [-0.25, -0.2) is 0 Å². The number of piperazine rings is 1. The van der Waals surface area contributed by atoms with Crippen molar-refractivity contribution in [2.45, 2.75) is 13.5 Å². The first-order valence-electron chi connectivity index (χ1n) is 7.49. The van der Waals surface area contributed by atoms with E-state index in [0.717, 1.165) is 37.7 Å². The highest BCUT2D eigenvalue weighted by Crippen LogP contribution is 2.18. The van der Waals surface area contributed by atoms with Crippen molar-refractivity contribution in [2.24, 2.45) is 0 Å². The van der Waals surface area contributed by atoms with Crippen LogP contribution in [0.1, 0.15) is 11.1 Å². The second-order valence-electron chi connectivity index (χ2n) is 5.73. The van der Waals surface area contributed by atoms with Crippen LogP contribution in [-0.4, -0.2) is 31.1 Å². The summed E-state index contributed by atoms with van der Waals surface area (Å²) in [4.78, 5) is 4.98. The number of aryl methyl sites for hydroxylation is 1. The minimum Gasteiger partial charge on any atom is -0.369 e. The van der Waals surface area contributed by atoms with Crippen molar-refractivity contribution in [1.29, 1.82) is 0 Å². The minimum absolute atomic E-state index is 0.808. The highest BCUT2D eigenvalue weighted by Gasteiger charge is 2.17. The molecule has 0 spiro atoms. The van der Waals surface area contributed by atoms with Crippen LogP contribution in [-0.2, 0) is 6.54 Å². The summed E-state index contributed by atoms with van der Waals surface area (Å²) in [5, 5.41) is 0.808. The number of nitrogens with zero attached hydrogens (tertiary/aromatic N) is 2. The van der Waals surface area contributed by atoms with Gasteiger partial charge in [-0.1, -0.05) is 41.4 Å². The zero-order valence-electron chi connectivity index (χ0n) is 12.4. The normalized spacial score (nSPS) is 16.2. The summed E-state index contributed by atoms with van der Waals surface area (Å²) in [6, 6.07) is 17.0. The Morgan fingerprint density at radius 2 is 1.48 bits per heavy atom. The molecule has 1 saturated heterocycles. The van der Waals surface area contributed by atoms with Crippen LogP contribution in [0.15, 0.2) is 48.5 Å². The van der Waals surface area contributed by atoms with Crippen LogP contribution in [0.4, 0.5) is 5.69 Å². The van der Waals surface area contributed by atoms with E-state index < -0.39 is 0 Å². The summed E-state index contributed by atoms with van der Waals surface area (Å²) in [5.74, 6) is 0. The maximum absolute atomic E-state index is 5.93. The zero-order chi connectivity index (χ0) is 14.7. The molecule has 1 aliphatic heterocycles. The lowest BCUT2D eigenvalue weighted by Crippen LogP contribution is -2.45. The van der Waals surface area contributed by atoms with Gasteiger partial charge in [0.05, 0.1) is 0 Å². The van der Waals surface area contributed by atoms with Crippen molar-refractivity contribution in [1.82, 2.24) is 4.90 Å². The molecule has 21 heavy (non-hydrogen) atoms. The fourth-order valence-corrected chi connectivity index (χ4v) is 2.89. The number of benzene rings is 2. The Balaban J connectivity index is 1.55. The second-order valence-corrected chi connectivity index (χ2v) is 6.16. The standard InChI is InChI=1S/C18H21ClN2/c1-15-2-8-18(9-3-15)21-12-10-20(11-13-21)14-16-4-6-17(19)7-5-16/h2-9H,10-14H2,1H3. The van der Waals surface area contributed by atoms with E-state index in [2.05, 4.69) is 53.1 Å². The molecule has 0 aromatic heterocycles. The molecule has 3 rings (SSSR count). The predicted octanol–water partition coefficient (Wildman–Crippen LogP) is 3.97. The van der Waals surface area contributed by atoms with Gasteiger partial charge in [-0.3, -0.25) is 4.90 Å². The van der Waals surface area contributed by atoms with Crippen molar-refractivity contribution in [3.05, 3.63) is 64.7 Å². The molecule has 0 amide bonds. The molecule has 0 radical (unpaired) electrons. The Hall–Kier alpha value is -1.51. The molecule has 1 fully saturated rings. The third kappa shape index (κ3) is 3.78. The summed E-state index contributed by atoms with van der Waals surface area (Å²) in [6.45, 7) is 7.55. The molecule has 0 saturated carbocycles. The molecule has 0 aliphatic carbocycles. The largest absolute Gasteiger partial charge is 0.369 e. The third-order valence-electron chi connectivity index (χ3n) is 4.09. The number of hydrogen-bond donors (Lipinski definition) is 0. The maximum atomic E-state index is 5.93. The van der Waals surface area contributed by atoms with E-state index in [-0.39, 0.29) is 0 Å². The molecule has 1 aliphatic rings. The molecular weight excluding hydrogens is 280 g/mol. The van der Waals surface area contributed by atoms with Gasteiger partial charge in [0.2, 0.25) is 0 Å². The number of halogens is 1. The van der Waals surface area contributed by atoms with Gasteiger partial charge < -0.3 is 4.90 Å². The van der Waals surface area contributed by atoms with Crippen LogP contribution in [0.5, 0.6) is 0 Å². The van der Waals surface area contributed by atoms with Crippen molar-refractivity contribution >= 4 is 17.3 Å². The van der Waals surface area contributed by atoms with Gasteiger partial charge in [0.15, 0.2) is 0 Å². The molecule has 3 heteroatoms. The fraction of sp³-hybridized carbons (Fsp3) is 0.333. The second kappa shape index (κ2) is 6.50. The highest BCUT2D eigenvalue weighted by molar-refractivity contribution is 6.30. The molecule has 0 unspecified atom stereocenters. The van der Waals surface area contributed by atoms with E-state index in [1.165, 1.54) is 16.8 Å². The molecule has 0 atom stereocenters. The van der Waals surface area contributed by atoms with E-state index in [0.29, 0.717) is 0 Å². The summed E-state index contributed by atoms with van der Waals surface area (Å²) >= 11 is 5.93. The summed E-state index contributed by atoms with van der Waals surface area (Å²) in [7, 11) is 0. The van der Waals surface area contributed by atoms with Crippen LogP contribution in [0.2, 0.25) is 5.02 Å². The molecule has 2 aromatic rings. The lowest BCUT2D eigenvalue weighted by Gasteiger charge is -2.36. The monoisotopic (exact) mass is 300 g/mol. The Kier molecular flexibility index (Phi) is 4.47. The van der Waals surface area contributed by atoms with E-state index in [4.69, 9.17) is 11.6 Å². The lowest BCUT2D eigenvalue weighted by atomic mass is 10.1. The molecule has 2 aromatic carbocycles. The van der Waals surface area contributed by atoms with Gasteiger partial charge in [-0.15, -0.1) is 0 Å². The van der Waals surface area contributed by atoms with Crippen molar-refractivity contribution in [3.8, 4) is 0 Å². The topological polar surface area (TPSA) is 6.48 Å². The maximum Gasteiger partial charge on any atom is 0.0406 e. The van der Waals surface area contributed by atoms with Gasteiger partial charge in [0.25, 0.3) is 0 Å². The SMILES string of the molecule is Cc1ccc(N2CCN(Cc3ccc(Cl)cc3)CC2)cc1. The molecular formula is C18H21ClN2. The average Bonchev–Trinajstić information content (AvgIpc) is 2.51. The smallest absolute Gasteiger partial charge is 0.0406 e. The van der Waals surface area contributed by atoms with Gasteiger partial charge in [0.1, 0.15) is 0 Å². The summed E-state index contributed by atoms with van der Waals surface area (Å²) in [5.41, 5.74) is 4.00. The van der Waals surface area contributed by atoms with Gasteiger partial charge >= 0.3 is 0 Å². The van der Waals surface area contributed by atoms with E-state index in [1.807, 2.05) is 12.1 Å². The first-order chi connectivity index (χ1) is 10.2. The van der Waals surface area contributed by atoms with Gasteiger partial charge in [0, 0.05) is 43.4 Å². The van der Waals surface area contributed by atoms with Crippen LogP contribution in [0.3, 0.4) is 0 Å². The fourth-order valence-electron chi connectivity index (χ4n) is 2.77. The first-order valence-corrected chi connectivity index (χ1v) is 7.87. The van der Waals surface area contributed by atoms with Crippen LogP contribution in [0.25, 0.3) is 0 Å². The molecule has 1 heterocycles. The van der Waals surface area contributed by atoms with Gasteiger partial charge in [-0.05, 0) is 36.8 Å². The summed E-state index contributed by atoms with van der Waals surface area (Å²) < 4.78 is 0.